The van der Waals surface area contributed by atoms with Crippen LogP contribution < -0.4 is 19.9 Å². The largest absolute Gasteiger partial charge is 0.497 e. The highest BCUT2D eigenvalue weighted by molar-refractivity contribution is 7.89. The number of nitrogens with two attached hydrogens (primary N) is 1. The van der Waals surface area contributed by atoms with Gasteiger partial charge in [-0.25, -0.2) is 13.6 Å². The van der Waals surface area contributed by atoms with E-state index in [2.05, 4.69) is 10.3 Å². The van der Waals surface area contributed by atoms with Crippen molar-refractivity contribution in [3.8, 4) is 11.5 Å². The van der Waals surface area contributed by atoms with Crippen molar-refractivity contribution in [1.82, 2.24) is 10.2 Å². The van der Waals surface area contributed by atoms with Crippen molar-refractivity contribution in [3.05, 3.63) is 23.8 Å². The van der Waals surface area contributed by atoms with E-state index in [1.807, 2.05) is 37.1 Å². The summed E-state index contributed by atoms with van der Waals surface area (Å²) in [6.45, 7) is 3.24. The number of hydrogen-bond acceptors (Lipinski definition) is 5. The van der Waals surface area contributed by atoms with E-state index in [0.29, 0.717) is 30.5 Å². The normalized spacial score (nSPS) is 12.0. The van der Waals surface area contributed by atoms with Crippen LogP contribution in [0.3, 0.4) is 0 Å². The molecule has 0 unspecified atom stereocenters. The molecule has 0 bridgehead atoms. The predicted molar refractivity (Wildman–Crippen MR) is 95.0 cm³/mol. The van der Waals surface area contributed by atoms with Crippen LogP contribution in [0.1, 0.15) is 12.5 Å². The molecule has 0 radical (unpaired) electrons. The van der Waals surface area contributed by atoms with Crippen LogP contribution in [0.4, 0.5) is 0 Å². The quantitative estimate of drug-likeness (QED) is 0.514. The number of aliphatic imine (C=N–C) groups is 1. The summed E-state index contributed by atoms with van der Waals surface area (Å²) < 4.78 is 32.6. The van der Waals surface area contributed by atoms with Crippen molar-refractivity contribution < 1.29 is 17.9 Å². The van der Waals surface area contributed by atoms with E-state index in [9.17, 15) is 8.42 Å². The first kappa shape index (κ1) is 20.0. The lowest BCUT2D eigenvalue weighted by Gasteiger charge is -2.23. The van der Waals surface area contributed by atoms with Gasteiger partial charge in [-0.15, -0.1) is 0 Å². The Morgan fingerprint density at radius 3 is 2.58 bits per heavy atom. The number of rotatable bonds is 8. The maximum absolute atomic E-state index is 11.0. The highest BCUT2D eigenvalue weighted by atomic mass is 32.2. The molecule has 1 aromatic carbocycles. The Labute approximate surface area is 143 Å². The molecule has 3 N–H and O–H groups in total. The molecule has 1 aromatic rings. The van der Waals surface area contributed by atoms with Crippen LogP contribution in [-0.4, -0.2) is 59.4 Å². The minimum Gasteiger partial charge on any atom is -0.497 e. The lowest BCUT2D eigenvalue weighted by atomic mass is 10.2. The number of methoxy groups -OCH3 is 2. The maximum Gasteiger partial charge on any atom is 0.210 e. The Bertz CT molecular complexity index is 661. The zero-order chi connectivity index (χ0) is 18.2. The molecule has 8 nitrogen and oxygen atoms in total. The third kappa shape index (κ3) is 6.63. The Morgan fingerprint density at radius 2 is 2.04 bits per heavy atom. The standard InChI is InChI=1S/C15H26N4O4S/c1-5-17-15(18-8-9-24(16,20)21)19(2)11-12-6-7-13(22-3)10-14(12)23-4/h6-7,10H,5,8-9,11H2,1-4H3,(H,17,18)(H2,16,20,21). The zero-order valence-electron chi connectivity index (χ0n) is 14.6. The first-order valence-electron chi connectivity index (χ1n) is 7.51. The fourth-order valence-electron chi connectivity index (χ4n) is 2.06. The average Bonchev–Trinajstić information content (AvgIpc) is 2.53. The molecule has 9 heteroatoms. The summed E-state index contributed by atoms with van der Waals surface area (Å²) in [5.74, 6) is 1.83. The van der Waals surface area contributed by atoms with Gasteiger partial charge in [0, 0.05) is 31.8 Å². The van der Waals surface area contributed by atoms with Crippen molar-refractivity contribution >= 4 is 16.0 Å². The van der Waals surface area contributed by atoms with Crippen molar-refractivity contribution in [2.24, 2.45) is 10.1 Å². The molecule has 0 aliphatic heterocycles. The van der Waals surface area contributed by atoms with Crippen LogP contribution in [0.2, 0.25) is 0 Å². The smallest absolute Gasteiger partial charge is 0.210 e. The molecular weight excluding hydrogens is 332 g/mol. The molecule has 0 saturated carbocycles. The van der Waals surface area contributed by atoms with Crippen LogP contribution in [0.25, 0.3) is 0 Å². The molecule has 0 saturated heterocycles. The summed E-state index contributed by atoms with van der Waals surface area (Å²) >= 11 is 0. The second kappa shape index (κ2) is 9.33. The summed E-state index contributed by atoms with van der Waals surface area (Å²) in [5, 5.41) is 8.12. The molecule has 136 valence electrons. The fraction of sp³-hybridized carbons (Fsp3) is 0.533. The molecule has 24 heavy (non-hydrogen) atoms. The molecule has 0 aliphatic rings. The molecule has 0 fully saturated rings. The van der Waals surface area contributed by atoms with Gasteiger partial charge >= 0.3 is 0 Å². The number of nitrogens with one attached hydrogen (secondary N) is 1. The van der Waals surface area contributed by atoms with Crippen LogP contribution in [-0.2, 0) is 16.6 Å². The van der Waals surface area contributed by atoms with Gasteiger partial charge in [-0.05, 0) is 19.1 Å². The lowest BCUT2D eigenvalue weighted by molar-refractivity contribution is 0.382. The fourth-order valence-corrected chi connectivity index (χ4v) is 2.41. The van der Waals surface area contributed by atoms with E-state index < -0.39 is 10.0 Å². The molecule has 0 amide bonds. The Morgan fingerprint density at radius 1 is 1.33 bits per heavy atom. The van der Waals surface area contributed by atoms with E-state index in [-0.39, 0.29) is 12.3 Å². The molecule has 0 aromatic heterocycles. The number of sulfonamides is 1. The number of ether oxygens (including phenoxy) is 2. The summed E-state index contributed by atoms with van der Waals surface area (Å²) in [5.41, 5.74) is 0.956. The molecule has 1 rings (SSSR count). The number of hydrogen-bond donors (Lipinski definition) is 2. The van der Waals surface area contributed by atoms with Gasteiger partial charge in [0.1, 0.15) is 11.5 Å². The summed E-state index contributed by atoms with van der Waals surface area (Å²) in [4.78, 5) is 6.18. The van der Waals surface area contributed by atoms with E-state index in [4.69, 9.17) is 14.6 Å². The number of benzene rings is 1. The second-order valence-corrected chi connectivity index (χ2v) is 6.87. The van der Waals surface area contributed by atoms with E-state index in [1.54, 1.807) is 14.2 Å². The van der Waals surface area contributed by atoms with Gasteiger partial charge < -0.3 is 19.7 Å². The van der Waals surface area contributed by atoms with E-state index in [1.165, 1.54) is 0 Å². The predicted octanol–water partition coefficient (Wildman–Crippen LogP) is 0.390. The summed E-state index contributed by atoms with van der Waals surface area (Å²) in [7, 11) is 1.54. The van der Waals surface area contributed by atoms with Crippen LogP contribution in [0, 0.1) is 0 Å². The molecule has 0 heterocycles. The number of primary sulfonamides is 1. The van der Waals surface area contributed by atoms with Gasteiger partial charge in [0.05, 0.1) is 26.5 Å². The minimum atomic E-state index is -3.52. The van der Waals surface area contributed by atoms with Gasteiger partial charge in [0.2, 0.25) is 10.0 Å². The highest BCUT2D eigenvalue weighted by Crippen LogP contribution is 2.25. The molecule has 0 spiro atoms. The average molecular weight is 358 g/mol. The highest BCUT2D eigenvalue weighted by Gasteiger charge is 2.11. The first-order chi connectivity index (χ1) is 11.3. The maximum atomic E-state index is 11.0. The molecule has 0 atom stereocenters. The van der Waals surface area contributed by atoms with E-state index >= 15 is 0 Å². The van der Waals surface area contributed by atoms with Gasteiger partial charge in [-0.3, -0.25) is 4.99 Å². The second-order valence-electron chi connectivity index (χ2n) is 5.14. The molecular formula is C15H26N4O4S. The SMILES string of the molecule is CCNC(=NCCS(N)(=O)=O)N(C)Cc1ccc(OC)cc1OC. The van der Waals surface area contributed by atoms with E-state index in [0.717, 1.165) is 5.56 Å². The van der Waals surface area contributed by atoms with Crippen LogP contribution >= 0.6 is 0 Å². The number of nitrogens with zero attached hydrogens (tertiary/aromatic N) is 2. The third-order valence-electron chi connectivity index (χ3n) is 3.24. The van der Waals surface area contributed by atoms with Crippen LogP contribution in [0.15, 0.2) is 23.2 Å². The Hall–Kier alpha value is -2.00. The van der Waals surface area contributed by atoms with Crippen molar-refractivity contribution in [2.45, 2.75) is 13.5 Å². The summed E-state index contributed by atoms with van der Waals surface area (Å²) in [6, 6.07) is 5.59. The third-order valence-corrected chi connectivity index (χ3v) is 3.99. The topological polar surface area (TPSA) is 106 Å². The van der Waals surface area contributed by atoms with Gasteiger partial charge in [-0.2, -0.15) is 0 Å². The number of guanidine groups is 1. The monoisotopic (exact) mass is 358 g/mol. The lowest BCUT2D eigenvalue weighted by Crippen LogP contribution is -2.39. The molecule has 0 aliphatic carbocycles. The van der Waals surface area contributed by atoms with Crippen LogP contribution in [0.5, 0.6) is 11.5 Å². The Balaban J connectivity index is 2.88. The summed E-state index contributed by atoms with van der Waals surface area (Å²) in [6.07, 6.45) is 0. The van der Waals surface area contributed by atoms with Crippen molar-refractivity contribution in [3.63, 3.8) is 0 Å². The Kier molecular flexibility index (Phi) is 7.80. The minimum absolute atomic E-state index is 0.102. The van der Waals surface area contributed by atoms with Crippen molar-refractivity contribution in [1.29, 1.82) is 0 Å². The van der Waals surface area contributed by atoms with Gasteiger partial charge in [0.25, 0.3) is 0 Å². The van der Waals surface area contributed by atoms with Gasteiger partial charge in [0.15, 0.2) is 5.96 Å². The first-order valence-corrected chi connectivity index (χ1v) is 9.23. The van der Waals surface area contributed by atoms with Gasteiger partial charge in [-0.1, -0.05) is 0 Å². The zero-order valence-corrected chi connectivity index (χ0v) is 15.4. The van der Waals surface area contributed by atoms with Crippen molar-refractivity contribution in [2.75, 3.05) is 40.1 Å².